The van der Waals surface area contributed by atoms with Crippen LogP contribution in [0.2, 0.25) is 0 Å². The van der Waals surface area contributed by atoms with Gasteiger partial charge in [-0.05, 0) is 12.1 Å². The Morgan fingerprint density at radius 1 is 1.25 bits per heavy atom. The number of anilines is 1. The molecule has 0 radical (unpaired) electrons. The molecule has 0 saturated carbocycles. The van der Waals surface area contributed by atoms with Crippen LogP contribution in [0.25, 0.3) is 0 Å². The molecule has 1 heterocycles. The molecular weight excluding hydrogens is 259 g/mol. The van der Waals surface area contributed by atoms with Crippen molar-refractivity contribution in [3.8, 4) is 6.07 Å². The highest BCUT2D eigenvalue weighted by Crippen LogP contribution is 2.12. The van der Waals surface area contributed by atoms with Gasteiger partial charge < -0.3 is 5.32 Å². The molecular formula is C14H17FN4O. The van der Waals surface area contributed by atoms with Crippen LogP contribution < -0.4 is 5.32 Å². The van der Waals surface area contributed by atoms with E-state index in [1.165, 1.54) is 12.1 Å². The molecule has 1 aliphatic rings. The number of carbonyl (C=O) groups is 1. The SMILES string of the molecule is N#CCN1CCN(CC(=O)Nc2ccccc2F)CC1. The van der Waals surface area contributed by atoms with Gasteiger partial charge in [-0.15, -0.1) is 0 Å². The lowest BCUT2D eigenvalue weighted by Crippen LogP contribution is -2.48. The van der Waals surface area contributed by atoms with Crippen LogP contribution in [0.3, 0.4) is 0 Å². The van der Waals surface area contributed by atoms with Gasteiger partial charge in [-0.2, -0.15) is 5.26 Å². The predicted octanol–water partition coefficient (Wildman–Crippen LogP) is 0.905. The van der Waals surface area contributed by atoms with Crippen LogP contribution in [-0.4, -0.2) is 55.0 Å². The first-order valence-corrected chi connectivity index (χ1v) is 6.55. The quantitative estimate of drug-likeness (QED) is 0.830. The van der Waals surface area contributed by atoms with Crippen molar-refractivity contribution in [1.82, 2.24) is 9.80 Å². The monoisotopic (exact) mass is 276 g/mol. The van der Waals surface area contributed by atoms with Crippen LogP contribution in [0.5, 0.6) is 0 Å². The minimum atomic E-state index is -0.431. The van der Waals surface area contributed by atoms with E-state index in [1.807, 2.05) is 9.80 Å². The van der Waals surface area contributed by atoms with Crippen molar-refractivity contribution in [3.05, 3.63) is 30.1 Å². The summed E-state index contributed by atoms with van der Waals surface area (Å²) in [5, 5.41) is 11.2. The van der Waals surface area contributed by atoms with Gasteiger partial charge in [0, 0.05) is 26.2 Å². The number of nitrogens with zero attached hydrogens (tertiary/aromatic N) is 3. The summed E-state index contributed by atoms with van der Waals surface area (Å²) in [6, 6.07) is 8.24. The van der Waals surface area contributed by atoms with Crippen LogP contribution in [0.15, 0.2) is 24.3 Å². The fourth-order valence-electron chi connectivity index (χ4n) is 2.16. The first kappa shape index (κ1) is 14.4. The van der Waals surface area contributed by atoms with Crippen LogP contribution in [0.1, 0.15) is 0 Å². The summed E-state index contributed by atoms with van der Waals surface area (Å²) >= 11 is 0. The fraction of sp³-hybridized carbons (Fsp3) is 0.429. The summed E-state index contributed by atoms with van der Waals surface area (Å²) < 4.78 is 13.4. The molecule has 0 bridgehead atoms. The maximum atomic E-state index is 13.4. The predicted molar refractivity (Wildman–Crippen MR) is 73.5 cm³/mol. The van der Waals surface area contributed by atoms with Crippen molar-refractivity contribution in [2.45, 2.75) is 0 Å². The van der Waals surface area contributed by atoms with E-state index in [9.17, 15) is 9.18 Å². The highest BCUT2D eigenvalue weighted by atomic mass is 19.1. The van der Waals surface area contributed by atoms with E-state index in [0.717, 1.165) is 26.2 Å². The van der Waals surface area contributed by atoms with E-state index in [-0.39, 0.29) is 18.1 Å². The highest BCUT2D eigenvalue weighted by molar-refractivity contribution is 5.92. The normalized spacial score (nSPS) is 16.6. The molecule has 1 saturated heterocycles. The number of piperazine rings is 1. The molecule has 1 aliphatic heterocycles. The zero-order valence-electron chi connectivity index (χ0n) is 11.2. The number of rotatable bonds is 4. The minimum absolute atomic E-state index is 0.209. The van der Waals surface area contributed by atoms with Gasteiger partial charge >= 0.3 is 0 Å². The van der Waals surface area contributed by atoms with Crippen molar-refractivity contribution in [2.75, 3.05) is 44.6 Å². The number of halogens is 1. The molecule has 5 nitrogen and oxygen atoms in total. The number of benzene rings is 1. The number of nitrogens with one attached hydrogen (secondary N) is 1. The Bertz CT molecular complexity index is 506. The molecule has 0 atom stereocenters. The summed E-state index contributed by atoms with van der Waals surface area (Å²) in [6.45, 7) is 3.71. The van der Waals surface area contributed by atoms with Gasteiger partial charge in [0.2, 0.25) is 5.91 Å². The Labute approximate surface area is 117 Å². The standard InChI is InChI=1S/C14H17FN4O/c15-12-3-1-2-4-13(12)17-14(20)11-19-9-7-18(6-5-16)8-10-19/h1-4H,6-11H2,(H,17,20). The van der Waals surface area contributed by atoms with Gasteiger partial charge in [0.1, 0.15) is 5.82 Å². The van der Waals surface area contributed by atoms with Crippen LogP contribution in [0.4, 0.5) is 10.1 Å². The molecule has 0 aliphatic carbocycles. The molecule has 1 N–H and O–H groups in total. The van der Waals surface area contributed by atoms with Crippen molar-refractivity contribution < 1.29 is 9.18 Å². The van der Waals surface area contributed by atoms with Crippen molar-refractivity contribution in [1.29, 1.82) is 5.26 Å². The Morgan fingerprint density at radius 3 is 2.55 bits per heavy atom. The van der Waals surface area contributed by atoms with Gasteiger partial charge in [0.05, 0.1) is 24.8 Å². The smallest absolute Gasteiger partial charge is 0.238 e. The molecule has 20 heavy (non-hydrogen) atoms. The maximum absolute atomic E-state index is 13.4. The molecule has 1 amide bonds. The zero-order chi connectivity index (χ0) is 14.4. The maximum Gasteiger partial charge on any atom is 0.238 e. The number of para-hydroxylation sites is 1. The second kappa shape index (κ2) is 6.98. The van der Waals surface area contributed by atoms with Crippen LogP contribution in [-0.2, 0) is 4.79 Å². The van der Waals surface area contributed by atoms with Gasteiger partial charge in [-0.25, -0.2) is 4.39 Å². The first-order chi connectivity index (χ1) is 9.69. The Balaban J connectivity index is 1.79. The number of hydrogen-bond donors (Lipinski definition) is 1. The van der Waals surface area contributed by atoms with E-state index < -0.39 is 5.82 Å². The van der Waals surface area contributed by atoms with E-state index in [2.05, 4.69) is 11.4 Å². The van der Waals surface area contributed by atoms with Crippen LogP contribution >= 0.6 is 0 Å². The van der Waals surface area contributed by atoms with Gasteiger partial charge in [0.25, 0.3) is 0 Å². The second-order valence-corrected chi connectivity index (χ2v) is 4.74. The van der Waals surface area contributed by atoms with E-state index in [1.54, 1.807) is 12.1 Å². The van der Waals surface area contributed by atoms with Gasteiger partial charge in [0.15, 0.2) is 0 Å². The van der Waals surface area contributed by atoms with E-state index in [4.69, 9.17) is 5.26 Å². The van der Waals surface area contributed by atoms with Crippen molar-refractivity contribution in [2.24, 2.45) is 0 Å². The summed E-state index contributed by atoms with van der Waals surface area (Å²) in [4.78, 5) is 15.9. The molecule has 1 aromatic carbocycles. The lowest BCUT2D eigenvalue weighted by atomic mass is 10.3. The molecule has 106 valence electrons. The molecule has 1 fully saturated rings. The Hall–Kier alpha value is -1.97. The molecule has 6 heteroatoms. The van der Waals surface area contributed by atoms with E-state index >= 15 is 0 Å². The topological polar surface area (TPSA) is 59.4 Å². The largest absolute Gasteiger partial charge is 0.322 e. The van der Waals surface area contributed by atoms with E-state index in [0.29, 0.717) is 6.54 Å². The van der Waals surface area contributed by atoms with Gasteiger partial charge in [-0.3, -0.25) is 14.6 Å². The number of amides is 1. The number of carbonyl (C=O) groups excluding carboxylic acids is 1. The van der Waals surface area contributed by atoms with Crippen molar-refractivity contribution >= 4 is 11.6 Å². The Morgan fingerprint density at radius 2 is 1.90 bits per heavy atom. The second-order valence-electron chi connectivity index (χ2n) is 4.74. The zero-order valence-corrected chi connectivity index (χ0v) is 11.2. The van der Waals surface area contributed by atoms with Crippen LogP contribution in [0, 0.1) is 17.1 Å². The first-order valence-electron chi connectivity index (χ1n) is 6.55. The third kappa shape index (κ3) is 4.02. The summed E-state index contributed by atoms with van der Waals surface area (Å²) in [5.74, 6) is -0.650. The summed E-state index contributed by atoms with van der Waals surface area (Å²) in [6.07, 6.45) is 0. The third-order valence-corrected chi connectivity index (χ3v) is 3.27. The lowest BCUT2D eigenvalue weighted by molar-refractivity contribution is -0.117. The van der Waals surface area contributed by atoms with Crippen molar-refractivity contribution in [3.63, 3.8) is 0 Å². The summed E-state index contributed by atoms with van der Waals surface area (Å²) in [7, 11) is 0. The van der Waals surface area contributed by atoms with Gasteiger partial charge in [-0.1, -0.05) is 12.1 Å². The molecule has 0 aromatic heterocycles. The molecule has 0 unspecified atom stereocenters. The Kier molecular flexibility index (Phi) is 5.04. The molecule has 2 rings (SSSR count). The average Bonchev–Trinajstić information content (AvgIpc) is 2.44. The molecule has 1 aromatic rings. The molecule has 0 spiro atoms. The number of nitriles is 1. The minimum Gasteiger partial charge on any atom is -0.322 e. The average molecular weight is 276 g/mol. The highest BCUT2D eigenvalue weighted by Gasteiger charge is 2.18. The number of hydrogen-bond acceptors (Lipinski definition) is 4. The third-order valence-electron chi connectivity index (χ3n) is 3.27. The lowest BCUT2D eigenvalue weighted by Gasteiger charge is -2.32. The summed E-state index contributed by atoms with van der Waals surface area (Å²) in [5.41, 5.74) is 0.209. The fourth-order valence-corrected chi connectivity index (χ4v) is 2.16.